The van der Waals surface area contributed by atoms with E-state index in [0.29, 0.717) is 23.5 Å². The molecule has 4 heterocycles. The Morgan fingerprint density at radius 3 is 2.48 bits per heavy atom. The maximum absolute atomic E-state index is 14.4. The van der Waals surface area contributed by atoms with E-state index in [1.165, 1.54) is 17.7 Å². The maximum Gasteiger partial charge on any atom is 0.257 e. The van der Waals surface area contributed by atoms with Crippen molar-refractivity contribution in [2.45, 2.75) is 30.8 Å². The Morgan fingerprint density at radius 1 is 1.04 bits per heavy atom. The highest BCUT2D eigenvalue weighted by Gasteiger charge is 2.54. The van der Waals surface area contributed by atoms with Gasteiger partial charge in [-0.3, -0.25) is 9.69 Å². The summed E-state index contributed by atoms with van der Waals surface area (Å²) in [4.78, 5) is 17.8. The fourth-order valence-electron chi connectivity index (χ4n) is 5.47. The lowest BCUT2D eigenvalue weighted by atomic mass is 9.75. The van der Waals surface area contributed by atoms with E-state index in [1.54, 1.807) is 6.07 Å². The molecule has 4 aliphatic rings. The second-order valence-corrected chi connectivity index (χ2v) is 8.39. The van der Waals surface area contributed by atoms with Crippen LogP contribution >= 0.6 is 11.6 Å². The van der Waals surface area contributed by atoms with E-state index in [1.807, 2.05) is 11.0 Å². The van der Waals surface area contributed by atoms with Crippen molar-refractivity contribution < 1.29 is 9.18 Å². The van der Waals surface area contributed by atoms with Crippen molar-refractivity contribution in [3.8, 4) is 0 Å². The van der Waals surface area contributed by atoms with E-state index in [-0.39, 0.29) is 23.4 Å². The Labute approximate surface area is 163 Å². The average molecular weight is 385 g/mol. The number of likely N-dealkylation sites (tertiary alicyclic amines) is 1. The number of amides is 1. The second kappa shape index (κ2) is 6.61. The second-order valence-electron chi connectivity index (χ2n) is 7.95. The van der Waals surface area contributed by atoms with Crippen molar-refractivity contribution in [3.63, 3.8) is 0 Å². The SMILES string of the molecule is O=C(c1ccc(Cl)cc1F)N1C[C@H](c2ccccc2)[C@H]2[C@@H]1C1CCN2CC1. The van der Waals surface area contributed by atoms with Crippen LogP contribution in [0.25, 0.3) is 0 Å². The van der Waals surface area contributed by atoms with Gasteiger partial charge in [0.05, 0.1) is 11.6 Å². The Morgan fingerprint density at radius 2 is 1.78 bits per heavy atom. The van der Waals surface area contributed by atoms with Crippen LogP contribution in [0, 0.1) is 11.7 Å². The Balaban J connectivity index is 1.53. The van der Waals surface area contributed by atoms with Gasteiger partial charge < -0.3 is 4.90 Å². The van der Waals surface area contributed by atoms with Crippen LogP contribution in [0.3, 0.4) is 0 Å². The summed E-state index contributed by atoms with van der Waals surface area (Å²) < 4.78 is 14.4. The molecule has 0 saturated carbocycles. The van der Waals surface area contributed by atoms with Crippen LogP contribution in [-0.4, -0.2) is 47.4 Å². The van der Waals surface area contributed by atoms with E-state index < -0.39 is 5.82 Å². The summed E-state index contributed by atoms with van der Waals surface area (Å²) in [6.07, 6.45) is 2.24. The molecule has 0 aliphatic carbocycles. The summed E-state index contributed by atoms with van der Waals surface area (Å²) in [5, 5.41) is 0.313. The molecule has 140 valence electrons. The van der Waals surface area contributed by atoms with Crippen molar-refractivity contribution in [1.82, 2.24) is 9.80 Å². The largest absolute Gasteiger partial charge is 0.333 e. The highest BCUT2D eigenvalue weighted by atomic mass is 35.5. The van der Waals surface area contributed by atoms with Crippen LogP contribution in [-0.2, 0) is 0 Å². The normalized spacial score (nSPS) is 31.8. The van der Waals surface area contributed by atoms with Gasteiger partial charge in [0.1, 0.15) is 5.82 Å². The first-order chi connectivity index (χ1) is 13.1. The van der Waals surface area contributed by atoms with Crippen LogP contribution in [0.2, 0.25) is 5.02 Å². The lowest BCUT2D eigenvalue weighted by molar-refractivity contribution is -0.00353. The molecule has 6 rings (SSSR count). The number of benzene rings is 2. The molecular formula is C22H22ClFN2O. The summed E-state index contributed by atoms with van der Waals surface area (Å²) in [5.74, 6) is 0.0477. The van der Waals surface area contributed by atoms with Crippen molar-refractivity contribution >= 4 is 17.5 Å². The van der Waals surface area contributed by atoms with Crippen LogP contribution in [0.4, 0.5) is 4.39 Å². The third-order valence-electron chi connectivity index (χ3n) is 6.64. The molecule has 1 amide bonds. The topological polar surface area (TPSA) is 23.6 Å². The third kappa shape index (κ3) is 2.77. The lowest BCUT2D eigenvalue weighted by Gasteiger charge is -2.51. The minimum absolute atomic E-state index is 0.128. The molecule has 0 radical (unpaired) electrons. The summed E-state index contributed by atoms with van der Waals surface area (Å²) >= 11 is 5.88. The molecule has 0 unspecified atom stereocenters. The standard InChI is InChI=1S/C22H22ClFN2O/c23-16-6-7-17(19(24)12-16)22(27)26-13-18(14-4-2-1-3-5-14)21-20(26)15-8-10-25(21)11-9-15/h1-7,12,15,18,20-21H,8-11,13H2/t18-,20+,21+/m1/s1. The number of hydrogen-bond donors (Lipinski definition) is 0. The fourth-order valence-corrected chi connectivity index (χ4v) is 5.62. The predicted octanol–water partition coefficient (Wildman–Crippen LogP) is 4.18. The van der Waals surface area contributed by atoms with Crippen molar-refractivity contribution in [2.75, 3.05) is 19.6 Å². The molecule has 2 aromatic carbocycles. The van der Waals surface area contributed by atoms with Crippen molar-refractivity contribution in [3.05, 3.63) is 70.5 Å². The Kier molecular flexibility index (Phi) is 4.21. The molecule has 4 fully saturated rings. The van der Waals surface area contributed by atoms with Crippen LogP contribution in [0.1, 0.15) is 34.7 Å². The number of carbonyl (C=O) groups is 1. The minimum atomic E-state index is -0.534. The molecule has 2 aromatic rings. The van der Waals surface area contributed by atoms with Crippen molar-refractivity contribution in [1.29, 1.82) is 0 Å². The highest BCUT2D eigenvalue weighted by molar-refractivity contribution is 6.30. The zero-order chi connectivity index (χ0) is 18.5. The molecule has 4 aliphatic heterocycles. The molecule has 0 spiro atoms. The Hall–Kier alpha value is -1.91. The molecule has 0 aromatic heterocycles. The van der Waals surface area contributed by atoms with E-state index in [0.717, 1.165) is 25.9 Å². The zero-order valence-electron chi connectivity index (χ0n) is 15.0. The lowest BCUT2D eigenvalue weighted by Crippen LogP contribution is -2.60. The van der Waals surface area contributed by atoms with Gasteiger partial charge in [-0.05, 0) is 55.6 Å². The highest BCUT2D eigenvalue weighted by Crippen LogP contribution is 2.47. The van der Waals surface area contributed by atoms with Crippen molar-refractivity contribution in [2.24, 2.45) is 5.92 Å². The quantitative estimate of drug-likeness (QED) is 0.775. The number of fused-ring (bicyclic) bond motifs is 2. The van der Waals surface area contributed by atoms with Gasteiger partial charge in [-0.2, -0.15) is 0 Å². The molecule has 4 saturated heterocycles. The average Bonchev–Trinajstić information content (AvgIpc) is 3.12. The molecule has 5 heteroatoms. The molecule has 2 bridgehead atoms. The number of halogens is 2. The summed E-state index contributed by atoms with van der Waals surface area (Å²) in [6.45, 7) is 2.85. The van der Waals surface area contributed by atoms with Gasteiger partial charge in [-0.25, -0.2) is 4.39 Å². The fraction of sp³-hybridized carbons (Fsp3) is 0.409. The number of rotatable bonds is 2. The van der Waals surface area contributed by atoms with Gasteiger partial charge in [0, 0.05) is 23.5 Å². The molecule has 27 heavy (non-hydrogen) atoms. The predicted molar refractivity (Wildman–Crippen MR) is 104 cm³/mol. The van der Waals surface area contributed by atoms with Gasteiger partial charge in [0.2, 0.25) is 0 Å². The molecule has 3 atom stereocenters. The number of nitrogens with zero attached hydrogens (tertiary/aromatic N) is 2. The van der Waals surface area contributed by atoms with E-state index >= 15 is 0 Å². The van der Waals surface area contributed by atoms with E-state index in [9.17, 15) is 9.18 Å². The smallest absolute Gasteiger partial charge is 0.257 e. The summed E-state index contributed by atoms with van der Waals surface area (Å²) in [5.41, 5.74) is 1.40. The molecule has 3 nitrogen and oxygen atoms in total. The maximum atomic E-state index is 14.4. The van der Waals surface area contributed by atoms with Crippen LogP contribution < -0.4 is 0 Å². The summed E-state index contributed by atoms with van der Waals surface area (Å²) in [6, 6.07) is 15.3. The third-order valence-corrected chi connectivity index (χ3v) is 6.88. The summed E-state index contributed by atoms with van der Waals surface area (Å²) in [7, 11) is 0. The van der Waals surface area contributed by atoms with Gasteiger partial charge in [-0.1, -0.05) is 41.9 Å². The van der Waals surface area contributed by atoms with E-state index in [2.05, 4.69) is 29.2 Å². The molecular weight excluding hydrogens is 363 g/mol. The number of hydrogen-bond acceptors (Lipinski definition) is 2. The number of piperidine rings is 3. The monoisotopic (exact) mass is 384 g/mol. The van der Waals surface area contributed by atoms with Gasteiger partial charge in [0.15, 0.2) is 0 Å². The van der Waals surface area contributed by atoms with Crippen LogP contribution in [0.5, 0.6) is 0 Å². The first-order valence-corrected chi connectivity index (χ1v) is 10.1. The van der Waals surface area contributed by atoms with Gasteiger partial charge in [0.25, 0.3) is 5.91 Å². The van der Waals surface area contributed by atoms with Gasteiger partial charge >= 0.3 is 0 Å². The minimum Gasteiger partial charge on any atom is -0.333 e. The Bertz CT molecular complexity index is 866. The van der Waals surface area contributed by atoms with E-state index in [4.69, 9.17) is 11.6 Å². The van der Waals surface area contributed by atoms with Crippen LogP contribution in [0.15, 0.2) is 48.5 Å². The zero-order valence-corrected chi connectivity index (χ0v) is 15.8. The number of carbonyl (C=O) groups excluding carboxylic acids is 1. The molecule has 0 N–H and O–H groups in total. The first-order valence-electron chi connectivity index (χ1n) is 9.68. The first kappa shape index (κ1) is 17.2. The van der Waals surface area contributed by atoms with Gasteiger partial charge in [-0.15, -0.1) is 0 Å².